The number of carbonyl (C=O) groups is 9. The Kier molecular flexibility index (Phi) is 27.5. The number of amides is 7. The van der Waals surface area contributed by atoms with Crippen LogP contribution in [0.15, 0.2) is 48.5 Å². The van der Waals surface area contributed by atoms with Gasteiger partial charge in [-0.2, -0.15) is 11.8 Å². The van der Waals surface area contributed by atoms with E-state index in [4.69, 9.17) is 0 Å². The van der Waals surface area contributed by atoms with E-state index in [0.29, 0.717) is 74.5 Å². The minimum absolute atomic E-state index is 0.0241. The molecule has 0 aliphatic carbocycles. The van der Waals surface area contributed by atoms with Crippen molar-refractivity contribution in [1.29, 1.82) is 0 Å². The number of hydrogen-bond acceptors (Lipinski definition) is 11. The van der Waals surface area contributed by atoms with Gasteiger partial charge in [0.2, 0.25) is 29.5 Å². The van der Waals surface area contributed by atoms with Crippen LogP contribution in [0.3, 0.4) is 0 Å². The van der Waals surface area contributed by atoms with Gasteiger partial charge in [0.15, 0.2) is 0 Å². The van der Waals surface area contributed by atoms with Crippen LogP contribution in [0.2, 0.25) is 0 Å². The van der Waals surface area contributed by atoms with Gasteiger partial charge in [0.1, 0.15) is 23.9 Å². The van der Waals surface area contributed by atoms with Crippen LogP contribution in [0, 0.1) is 11.8 Å². The lowest BCUT2D eigenvalue weighted by Crippen LogP contribution is -2.51. The van der Waals surface area contributed by atoms with Gasteiger partial charge < -0.3 is 47.6 Å². The number of carbonyl (C=O) groups excluding carboxylic acids is 8. The topological polar surface area (TPSA) is 270 Å². The molecule has 0 spiro atoms. The van der Waals surface area contributed by atoms with Gasteiger partial charge in [-0.15, -0.1) is 0 Å². The van der Waals surface area contributed by atoms with E-state index in [-0.39, 0.29) is 55.0 Å². The maximum atomic E-state index is 13.2. The quantitative estimate of drug-likeness (QED) is 0.0467. The Morgan fingerprint density at radius 2 is 1.18 bits per heavy atom. The van der Waals surface area contributed by atoms with Crippen molar-refractivity contribution < 1.29 is 48.3 Å². The minimum Gasteiger partial charge on any atom is -0.480 e. The molecule has 0 radical (unpaired) electrons. The molecule has 0 aromatic heterocycles. The second-order valence-corrected chi connectivity index (χ2v) is 18.4. The Balaban J connectivity index is 1.81. The van der Waals surface area contributed by atoms with Gasteiger partial charge in [-0.05, 0) is 105 Å². The first-order chi connectivity index (χ1) is 32.3. The number of hydrogen-bond donors (Lipinski definition) is 9. The highest BCUT2D eigenvalue weighted by Crippen LogP contribution is 2.11. The zero-order valence-electron chi connectivity index (χ0n) is 40.7. The molecule has 0 heterocycles. The largest absolute Gasteiger partial charge is 0.480 e. The number of aliphatic carboxylic acids is 1. The molecular formula is C49H74N8O10S. The van der Waals surface area contributed by atoms with Gasteiger partial charge in [0.05, 0.1) is 13.1 Å². The van der Waals surface area contributed by atoms with Crippen molar-refractivity contribution in [3.63, 3.8) is 0 Å². The third-order valence-corrected chi connectivity index (χ3v) is 11.7. The molecule has 68 heavy (non-hydrogen) atoms. The molecule has 376 valence electrons. The van der Waals surface area contributed by atoms with E-state index in [1.165, 1.54) is 23.9 Å². The summed E-state index contributed by atoms with van der Waals surface area (Å²) in [5.74, 6) is -4.27. The van der Waals surface area contributed by atoms with E-state index in [1.54, 1.807) is 38.1 Å². The Morgan fingerprint density at radius 3 is 1.76 bits per heavy atom. The lowest BCUT2D eigenvalue weighted by molar-refractivity contribution is -0.142. The molecule has 9 N–H and O–H groups in total. The highest BCUT2D eigenvalue weighted by Gasteiger charge is 2.26. The van der Waals surface area contributed by atoms with Crippen molar-refractivity contribution in [1.82, 2.24) is 42.5 Å². The highest BCUT2D eigenvalue weighted by atomic mass is 32.2. The molecule has 4 unspecified atom stereocenters. The SMILES string of the molecule is CCC(C)NCc1ccc(C(=O)NCC(=O)NC(C(=O)NCc2ccc(C(=O)NC(CCSC)C(=O)NCC(=O)NC(CCCCNC(=O)CCCCC(=O)C(C)C)C(=O)O)cc2)C(C)C)cc1. The molecule has 2 rings (SSSR count). The van der Waals surface area contributed by atoms with Crippen molar-refractivity contribution >= 4 is 64.9 Å². The Morgan fingerprint density at radius 1 is 0.588 bits per heavy atom. The molecule has 0 bridgehead atoms. The van der Waals surface area contributed by atoms with E-state index in [1.807, 2.05) is 32.2 Å². The molecule has 0 aliphatic heterocycles. The number of Topliss-reactive ketones (excluding diaryl/α,β-unsaturated/α-hetero) is 1. The maximum absolute atomic E-state index is 13.2. The van der Waals surface area contributed by atoms with Crippen molar-refractivity contribution in [2.75, 3.05) is 31.6 Å². The molecule has 0 aliphatic rings. The van der Waals surface area contributed by atoms with Crippen LogP contribution in [-0.4, -0.2) is 114 Å². The number of carboxylic acid groups (broad SMARTS) is 1. The van der Waals surface area contributed by atoms with Gasteiger partial charge in [-0.25, -0.2) is 4.79 Å². The smallest absolute Gasteiger partial charge is 0.326 e. The number of nitrogens with one attached hydrogen (secondary N) is 8. The first kappa shape index (κ1) is 58.3. The number of benzene rings is 2. The molecule has 19 heteroatoms. The fourth-order valence-electron chi connectivity index (χ4n) is 6.51. The molecule has 0 fully saturated rings. The van der Waals surface area contributed by atoms with Crippen molar-refractivity contribution in [2.24, 2.45) is 11.8 Å². The first-order valence-corrected chi connectivity index (χ1v) is 24.9. The molecule has 18 nitrogen and oxygen atoms in total. The zero-order valence-corrected chi connectivity index (χ0v) is 41.5. The molecule has 0 saturated heterocycles. The van der Waals surface area contributed by atoms with E-state index in [2.05, 4.69) is 56.4 Å². The fourth-order valence-corrected chi connectivity index (χ4v) is 6.98. The lowest BCUT2D eigenvalue weighted by Gasteiger charge is -2.22. The number of rotatable bonds is 33. The standard InChI is InChI=1S/C49H74N8O10S/c1-8-33(6)51-27-34-16-20-36(21-17-34)45(62)53-30-43(61)57-44(32(4)5)48(65)52-28-35-18-22-37(23-19-35)46(63)56-38(24-26-68-7)47(64)54-29-42(60)55-39(49(66)67)13-11-12-25-50-41(59)15-10-9-14-40(58)31(2)3/h16-23,31-33,38-39,44,51H,8-15,24-30H2,1-7H3,(H,50,59)(H,52,65)(H,53,62)(H,54,64)(H,55,60)(H,56,63)(H,57,61)(H,66,67). The Labute approximate surface area is 405 Å². The Hall–Kier alpha value is -5.82. The van der Waals surface area contributed by atoms with Gasteiger partial charge in [-0.1, -0.05) is 58.9 Å². The van der Waals surface area contributed by atoms with E-state index in [9.17, 15) is 48.3 Å². The van der Waals surface area contributed by atoms with Crippen LogP contribution in [-0.2, 0) is 46.7 Å². The van der Waals surface area contributed by atoms with E-state index < -0.39 is 66.1 Å². The fraction of sp³-hybridized carbons (Fsp3) is 0.571. The maximum Gasteiger partial charge on any atom is 0.326 e. The summed E-state index contributed by atoms with van der Waals surface area (Å²) in [4.78, 5) is 113. The van der Waals surface area contributed by atoms with Gasteiger partial charge >= 0.3 is 5.97 Å². The molecular weight excluding hydrogens is 893 g/mol. The van der Waals surface area contributed by atoms with Crippen LogP contribution in [0.4, 0.5) is 0 Å². The summed E-state index contributed by atoms with van der Waals surface area (Å²) in [5.41, 5.74) is 2.33. The van der Waals surface area contributed by atoms with Gasteiger partial charge in [0.25, 0.3) is 11.8 Å². The predicted molar refractivity (Wildman–Crippen MR) is 262 cm³/mol. The summed E-state index contributed by atoms with van der Waals surface area (Å²) in [6.07, 6.45) is 6.08. The first-order valence-electron chi connectivity index (χ1n) is 23.5. The molecule has 2 aromatic rings. The molecule has 7 amide bonds. The summed E-state index contributed by atoms with van der Waals surface area (Å²) < 4.78 is 0. The van der Waals surface area contributed by atoms with Crippen LogP contribution < -0.4 is 42.5 Å². The van der Waals surface area contributed by atoms with E-state index >= 15 is 0 Å². The monoisotopic (exact) mass is 967 g/mol. The summed E-state index contributed by atoms with van der Waals surface area (Å²) in [6, 6.07) is 10.7. The van der Waals surface area contributed by atoms with Crippen molar-refractivity contribution in [2.45, 2.75) is 137 Å². The Bertz CT molecular complexity index is 1960. The summed E-state index contributed by atoms with van der Waals surface area (Å²) in [5, 5.41) is 31.5. The molecule has 2 aromatic carbocycles. The average molecular weight is 967 g/mol. The van der Waals surface area contributed by atoms with E-state index in [0.717, 1.165) is 12.0 Å². The zero-order chi connectivity index (χ0) is 50.6. The van der Waals surface area contributed by atoms with Crippen LogP contribution in [0.5, 0.6) is 0 Å². The average Bonchev–Trinajstić information content (AvgIpc) is 3.32. The number of ketones is 1. The second-order valence-electron chi connectivity index (χ2n) is 17.4. The number of carboxylic acids is 1. The predicted octanol–water partition coefficient (Wildman–Crippen LogP) is 3.37. The number of unbranched alkanes of at least 4 members (excludes halogenated alkanes) is 2. The summed E-state index contributed by atoms with van der Waals surface area (Å²) in [6.45, 7) is 11.7. The van der Waals surface area contributed by atoms with Crippen molar-refractivity contribution in [3.05, 3.63) is 70.8 Å². The summed E-state index contributed by atoms with van der Waals surface area (Å²) in [7, 11) is 0. The normalized spacial score (nSPS) is 12.8. The molecule has 0 saturated carbocycles. The second kappa shape index (κ2) is 32.0. The van der Waals surface area contributed by atoms with Crippen molar-refractivity contribution in [3.8, 4) is 0 Å². The number of thioether (sulfide) groups is 1. The van der Waals surface area contributed by atoms with Crippen LogP contribution in [0.25, 0.3) is 0 Å². The van der Waals surface area contributed by atoms with Gasteiger partial charge in [0, 0.05) is 55.6 Å². The van der Waals surface area contributed by atoms with Crippen LogP contribution in [0.1, 0.15) is 131 Å². The third-order valence-electron chi connectivity index (χ3n) is 11.1. The lowest BCUT2D eigenvalue weighted by atomic mass is 10.0. The third kappa shape index (κ3) is 23.3. The summed E-state index contributed by atoms with van der Waals surface area (Å²) >= 11 is 1.46. The molecule has 4 atom stereocenters. The van der Waals surface area contributed by atoms with Gasteiger partial charge in [-0.3, -0.25) is 38.4 Å². The van der Waals surface area contributed by atoms with Crippen LogP contribution >= 0.6 is 11.8 Å². The highest BCUT2D eigenvalue weighted by molar-refractivity contribution is 7.98. The minimum atomic E-state index is -1.24.